The molecule has 1 heterocycles. The van der Waals surface area contributed by atoms with E-state index in [1.807, 2.05) is 0 Å². The summed E-state index contributed by atoms with van der Waals surface area (Å²) in [6, 6.07) is -1.21. The molecule has 1 rings (SSSR count). The lowest BCUT2D eigenvalue weighted by atomic mass is 10.1. The summed E-state index contributed by atoms with van der Waals surface area (Å²) in [5.74, 6) is -2.03. The van der Waals surface area contributed by atoms with Crippen LogP contribution in [0.25, 0.3) is 0 Å². The first kappa shape index (κ1) is 15.6. The molecule has 8 heteroatoms. The van der Waals surface area contributed by atoms with Crippen molar-refractivity contribution in [1.82, 2.24) is 5.32 Å². The number of carboxylic acids is 1. The summed E-state index contributed by atoms with van der Waals surface area (Å²) >= 11 is 1.34. The second kappa shape index (κ2) is 6.16. The highest BCUT2D eigenvalue weighted by Crippen LogP contribution is 2.13. The number of thiophene rings is 1. The van der Waals surface area contributed by atoms with Crippen molar-refractivity contribution in [3.05, 3.63) is 21.9 Å². The molecule has 0 bridgehead atoms. The van der Waals surface area contributed by atoms with Crippen LogP contribution in [0.3, 0.4) is 0 Å². The number of aryl methyl sites for hydroxylation is 1. The lowest BCUT2D eigenvalue weighted by Gasteiger charge is -2.13. The highest BCUT2D eigenvalue weighted by molar-refractivity contribution is 7.90. The summed E-state index contributed by atoms with van der Waals surface area (Å²) in [4.78, 5) is 22.8. The molecule has 0 aliphatic carbocycles. The van der Waals surface area contributed by atoms with Gasteiger partial charge in [0.15, 0.2) is 0 Å². The van der Waals surface area contributed by atoms with Crippen LogP contribution in [0.1, 0.15) is 22.3 Å². The zero-order valence-corrected chi connectivity index (χ0v) is 12.2. The summed E-state index contributed by atoms with van der Waals surface area (Å²) < 4.78 is 22.0. The molecule has 1 aromatic rings. The Kier molecular flexibility index (Phi) is 5.07. The minimum absolute atomic E-state index is 0.150. The molecule has 0 aromatic carbocycles. The van der Waals surface area contributed by atoms with Gasteiger partial charge in [0.2, 0.25) is 0 Å². The molecule has 1 amide bonds. The van der Waals surface area contributed by atoms with Gasteiger partial charge >= 0.3 is 5.97 Å². The van der Waals surface area contributed by atoms with Crippen molar-refractivity contribution in [2.24, 2.45) is 0 Å². The van der Waals surface area contributed by atoms with Gasteiger partial charge in [-0.15, -0.1) is 0 Å². The maximum absolute atomic E-state index is 11.8. The van der Waals surface area contributed by atoms with Gasteiger partial charge in [0.1, 0.15) is 15.9 Å². The van der Waals surface area contributed by atoms with Crippen LogP contribution in [0.2, 0.25) is 0 Å². The first-order valence-corrected chi connectivity index (χ1v) is 8.45. The van der Waals surface area contributed by atoms with Crippen molar-refractivity contribution in [3.63, 3.8) is 0 Å². The summed E-state index contributed by atoms with van der Waals surface area (Å²) in [5.41, 5.74) is 1.17. The minimum Gasteiger partial charge on any atom is -0.480 e. The molecular formula is C11H15NO5S2. The van der Waals surface area contributed by atoms with Crippen LogP contribution >= 0.6 is 11.3 Å². The quantitative estimate of drug-likeness (QED) is 0.804. The van der Waals surface area contributed by atoms with E-state index in [1.54, 1.807) is 17.7 Å². The highest BCUT2D eigenvalue weighted by Gasteiger charge is 2.23. The van der Waals surface area contributed by atoms with Crippen molar-refractivity contribution in [2.45, 2.75) is 19.4 Å². The van der Waals surface area contributed by atoms with E-state index in [1.165, 1.54) is 11.3 Å². The van der Waals surface area contributed by atoms with Gasteiger partial charge in [0.05, 0.1) is 11.3 Å². The lowest BCUT2D eigenvalue weighted by Crippen LogP contribution is -2.42. The van der Waals surface area contributed by atoms with Crippen LogP contribution in [0.4, 0.5) is 0 Å². The number of rotatable bonds is 6. The Hall–Kier alpha value is -1.41. The van der Waals surface area contributed by atoms with Gasteiger partial charge in [-0.3, -0.25) is 4.79 Å². The van der Waals surface area contributed by atoms with Gasteiger partial charge in [-0.25, -0.2) is 13.2 Å². The van der Waals surface area contributed by atoms with Gasteiger partial charge in [-0.1, -0.05) is 0 Å². The predicted molar refractivity (Wildman–Crippen MR) is 72.3 cm³/mol. The van der Waals surface area contributed by atoms with E-state index < -0.39 is 27.8 Å². The maximum atomic E-state index is 11.8. The van der Waals surface area contributed by atoms with Crippen LogP contribution in [0.5, 0.6) is 0 Å². The molecule has 0 aliphatic rings. The molecule has 0 radical (unpaired) electrons. The standard InChI is InChI=1S/C11H15NO5S2/c1-7-5-18-6-8(7)10(13)12-9(11(14)15)3-4-19(2,16)17/h5-6,9H,3-4H2,1-2H3,(H,12,13)(H,14,15). The Morgan fingerprint density at radius 2 is 2.05 bits per heavy atom. The second-order valence-electron chi connectivity index (χ2n) is 4.25. The molecule has 0 spiro atoms. The van der Waals surface area contributed by atoms with Crippen molar-refractivity contribution >= 4 is 33.1 Å². The number of nitrogens with one attached hydrogen (secondary N) is 1. The number of amides is 1. The third-order valence-electron chi connectivity index (χ3n) is 2.48. The average molecular weight is 305 g/mol. The Labute approximate surface area is 115 Å². The normalized spacial score (nSPS) is 12.9. The Bertz CT molecular complexity index is 576. The SMILES string of the molecule is Cc1cscc1C(=O)NC(CCS(C)(=O)=O)C(=O)O. The fourth-order valence-corrected chi connectivity index (χ4v) is 2.91. The predicted octanol–water partition coefficient (Wildman–Crippen LogP) is 0.674. The van der Waals surface area contributed by atoms with E-state index in [-0.39, 0.29) is 12.2 Å². The third kappa shape index (κ3) is 4.99. The average Bonchev–Trinajstić information content (AvgIpc) is 2.68. The zero-order valence-electron chi connectivity index (χ0n) is 10.5. The molecule has 0 saturated carbocycles. The van der Waals surface area contributed by atoms with E-state index in [0.29, 0.717) is 5.56 Å². The van der Waals surface area contributed by atoms with Crippen LogP contribution < -0.4 is 5.32 Å². The molecular weight excluding hydrogens is 290 g/mol. The number of carbonyl (C=O) groups is 2. The van der Waals surface area contributed by atoms with Crippen LogP contribution in [-0.2, 0) is 14.6 Å². The minimum atomic E-state index is -3.26. The zero-order chi connectivity index (χ0) is 14.6. The van der Waals surface area contributed by atoms with E-state index in [9.17, 15) is 18.0 Å². The highest BCUT2D eigenvalue weighted by atomic mass is 32.2. The van der Waals surface area contributed by atoms with Crippen molar-refractivity contribution in [3.8, 4) is 0 Å². The van der Waals surface area contributed by atoms with E-state index in [0.717, 1.165) is 11.8 Å². The number of carbonyl (C=O) groups excluding carboxylic acids is 1. The topological polar surface area (TPSA) is 101 Å². The molecule has 2 N–H and O–H groups in total. The second-order valence-corrected chi connectivity index (χ2v) is 7.25. The first-order chi connectivity index (χ1) is 8.70. The Morgan fingerprint density at radius 1 is 1.42 bits per heavy atom. The van der Waals surface area contributed by atoms with Crippen LogP contribution in [0.15, 0.2) is 10.8 Å². The number of hydrogen-bond donors (Lipinski definition) is 2. The van der Waals surface area contributed by atoms with E-state index in [4.69, 9.17) is 5.11 Å². The Morgan fingerprint density at radius 3 is 2.47 bits per heavy atom. The van der Waals surface area contributed by atoms with Gasteiger partial charge in [0, 0.05) is 11.6 Å². The largest absolute Gasteiger partial charge is 0.480 e. The number of carboxylic acid groups (broad SMARTS) is 1. The third-order valence-corrected chi connectivity index (χ3v) is 4.32. The molecule has 0 aliphatic heterocycles. The van der Waals surface area contributed by atoms with Crippen molar-refractivity contribution < 1.29 is 23.1 Å². The first-order valence-electron chi connectivity index (χ1n) is 5.45. The van der Waals surface area contributed by atoms with Gasteiger partial charge in [-0.05, 0) is 24.3 Å². The number of aliphatic carboxylic acids is 1. The molecule has 106 valence electrons. The molecule has 1 atom stereocenters. The van der Waals surface area contributed by atoms with Crippen molar-refractivity contribution in [1.29, 1.82) is 0 Å². The molecule has 1 aromatic heterocycles. The monoisotopic (exact) mass is 305 g/mol. The lowest BCUT2D eigenvalue weighted by molar-refractivity contribution is -0.139. The molecule has 6 nitrogen and oxygen atoms in total. The molecule has 0 saturated heterocycles. The van der Waals surface area contributed by atoms with E-state index >= 15 is 0 Å². The summed E-state index contributed by atoms with van der Waals surface area (Å²) in [5, 5.41) is 14.7. The molecule has 19 heavy (non-hydrogen) atoms. The van der Waals surface area contributed by atoms with Crippen LogP contribution in [-0.4, -0.2) is 43.5 Å². The fourth-order valence-electron chi connectivity index (χ4n) is 1.42. The number of sulfone groups is 1. The van der Waals surface area contributed by atoms with Gasteiger partial charge < -0.3 is 10.4 Å². The maximum Gasteiger partial charge on any atom is 0.326 e. The van der Waals surface area contributed by atoms with Gasteiger partial charge in [0.25, 0.3) is 5.91 Å². The fraction of sp³-hybridized carbons (Fsp3) is 0.455. The van der Waals surface area contributed by atoms with Gasteiger partial charge in [-0.2, -0.15) is 11.3 Å². The smallest absolute Gasteiger partial charge is 0.326 e. The Balaban J connectivity index is 2.72. The molecule has 1 unspecified atom stereocenters. The van der Waals surface area contributed by atoms with Crippen molar-refractivity contribution in [2.75, 3.05) is 12.0 Å². The van der Waals surface area contributed by atoms with Crippen LogP contribution in [0, 0.1) is 6.92 Å². The summed E-state index contributed by atoms with van der Waals surface area (Å²) in [6.07, 6.45) is 0.875. The molecule has 0 fully saturated rings. The number of hydrogen-bond acceptors (Lipinski definition) is 5. The summed E-state index contributed by atoms with van der Waals surface area (Å²) in [6.45, 7) is 1.75. The summed E-state index contributed by atoms with van der Waals surface area (Å²) in [7, 11) is -3.26. The van der Waals surface area contributed by atoms with E-state index in [2.05, 4.69) is 5.32 Å².